The van der Waals surface area contributed by atoms with Gasteiger partial charge in [-0.05, 0) is 44.9 Å². The first kappa shape index (κ1) is 21.2. The molecule has 0 spiro atoms. The zero-order valence-electron chi connectivity index (χ0n) is 16.4. The monoisotopic (exact) mass is 379 g/mol. The number of halogens is 1. The quantitative estimate of drug-likeness (QED) is 0.681. The van der Waals surface area contributed by atoms with Gasteiger partial charge in [-0.25, -0.2) is 4.39 Å². The van der Waals surface area contributed by atoms with Gasteiger partial charge in [0.2, 0.25) is 11.8 Å². The lowest BCUT2D eigenvalue weighted by molar-refractivity contribution is -0.119. The number of amides is 2. The number of ether oxygens (including phenoxy) is 1. The molecule has 6 nitrogen and oxygen atoms in total. The fourth-order valence-electron chi connectivity index (χ4n) is 3.29. The first-order chi connectivity index (χ1) is 12.8. The third-order valence-corrected chi connectivity index (χ3v) is 4.45. The molecule has 2 rings (SSSR count). The van der Waals surface area contributed by atoms with E-state index in [2.05, 4.69) is 10.6 Å². The number of hydrogen-bond donors (Lipinski definition) is 2. The molecule has 2 atom stereocenters. The van der Waals surface area contributed by atoms with Crippen molar-refractivity contribution in [3.8, 4) is 0 Å². The number of unbranched alkanes of at least 4 members (excludes halogenated alkanes) is 2. The number of morpholine rings is 1. The fourth-order valence-corrected chi connectivity index (χ4v) is 3.29. The molecule has 1 aromatic carbocycles. The van der Waals surface area contributed by atoms with E-state index in [1.165, 1.54) is 13.0 Å². The Labute approximate surface area is 160 Å². The van der Waals surface area contributed by atoms with E-state index in [4.69, 9.17) is 4.74 Å². The summed E-state index contributed by atoms with van der Waals surface area (Å²) in [5, 5.41) is 5.47. The summed E-state index contributed by atoms with van der Waals surface area (Å²) in [6.07, 6.45) is 2.91. The van der Waals surface area contributed by atoms with Crippen LogP contribution in [0.3, 0.4) is 0 Å². The molecule has 0 aromatic heterocycles. The lowest BCUT2D eigenvalue weighted by atomic mass is 10.1. The van der Waals surface area contributed by atoms with Crippen LogP contribution >= 0.6 is 0 Å². The molecule has 0 bridgehead atoms. The second-order valence-electron chi connectivity index (χ2n) is 7.17. The molecule has 0 saturated carbocycles. The van der Waals surface area contributed by atoms with E-state index in [0.717, 1.165) is 19.3 Å². The highest BCUT2D eigenvalue weighted by Gasteiger charge is 2.24. The van der Waals surface area contributed by atoms with E-state index >= 15 is 0 Å². The SMILES string of the molecule is CC(=O)NCCCCCC(=O)Nc1ccc(N2C[C@@H](C)O[C@@H](C)C2)c(F)c1. The highest BCUT2D eigenvalue weighted by molar-refractivity contribution is 5.90. The zero-order valence-corrected chi connectivity index (χ0v) is 16.4. The van der Waals surface area contributed by atoms with Gasteiger partial charge < -0.3 is 20.3 Å². The molecule has 0 unspecified atom stereocenters. The first-order valence-corrected chi connectivity index (χ1v) is 9.59. The molecule has 2 amide bonds. The van der Waals surface area contributed by atoms with Crippen LogP contribution in [0.2, 0.25) is 0 Å². The Morgan fingerprint density at radius 3 is 2.52 bits per heavy atom. The predicted molar refractivity (Wildman–Crippen MR) is 104 cm³/mol. The van der Waals surface area contributed by atoms with Crippen LogP contribution in [-0.2, 0) is 14.3 Å². The summed E-state index contributed by atoms with van der Waals surface area (Å²) in [6, 6.07) is 4.82. The molecular weight excluding hydrogens is 349 g/mol. The largest absolute Gasteiger partial charge is 0.372 e. The third-order valence-electron chi connectivity index (χ3n) is 4.45. The van der Waals surface area contributed by atoms with E-state index in [0.29, 0.717) is 37.4 Å². The summed E-state index contributed by atoms with van der Waals surface area (Å²) in [5.41, 5.74) is 1.00. The average molecular weight is 379 g/mol. The van der Waals surface area contributed by atoms with Crippen LogP contribution in [0.15, 0.2) is 18.2 Å². The van der Waals surface area contributed by atoms with Gasteiger partial charge in [-0.3, -0.25) is 9.59 Å². The summed E-state index contributed by atoms with van der Waals surface area (Å²) in [5.74, 6) is -0.515. The standard InChI is InChI=1S/C20H30FN3O3/c1-14-12-24(13-15(2)27-14)19-9-8-17(11-18(19)21)23-20(26)7-5-4-6-10-22-16(3)25/h8-9,11,14-15H,4-7,10,12-13H2,1-3H3,(H,22,25)(H,23,26)/t14-,15+. The van der Waals surface area contributed by atoms with Crippen molar-refractivity contribution in [1.29, 1.82) is 0 Å². The number of carbonyl (C=O) groups is 2. The third kappa shape index (κ3) is 7.17. The van der Waals surface area contributed by atoms with Gasteiger partial charge in [0.05, 0.1) is 17.9 Å². The summed E-state index contributed by atoms with van der Waals surface area (Å²) in [7, 11) is 0. The second kappa shape index (κ2) is 10.3. The molecule has 1 aliphatic rings. The van der Waals surface area contributed by atoms with Gasteiger partial charge in [0.25, 0.3) is 0 Å². The van der Waals surface area contributed by atoms with Crippen LogP contribution in [-0.4, -0.2) is 43.7 Å². The van der Waals surface area contributed by atoms with Crippen LogP contribution in [0, 0.1) is 5.82 Å². The number of hydrogen-bond acceptors (Lipinski definition) is 4. The van der Waals surface area contributed by atoms with Gasteiger partial charge in [-0.15, -0.1) is 0 Å². The minimum Gasteiger partial charge on any atom is -0.372 e. The van der Waals surface area contributed by atoms with E-state index in [9.17, 15) is 14.0 Å². The molecule has 1 saturated heterocycles. The number of anilines is 2. The van der Waals surface area contributed by atoms with E-state index in [1.54, 1.807) is 12.1 Å². The minimum absolute atomic E-state index is 0.0424. The van der Waals surface area contributed by atoms with E-state index < -0.39 is 0 Å². The summed E-state index contributed by atoms with van der Waals surface area (Å²) < 4.78 is 20.2. The van der Waals surface area contributed by atoms with Crippen molar-refractivity contribution in [2.45, 2.75) is 58.7 Å². The van der Waals surface area contributed by atoms with Gasteiger partial charge in [-0.1, -0.05) is 6.42 Å². The van der Waals surface area contributed by atoms with Gasteiger partial charge in [0, 0.05) is 38.7 Å². The molecule has 27 heavy (non-hydrogen) atoms. The highest BCUT2D eigenvalue weighted by Crippen LogP contribution is 2.26. The number of rotatable bonds is 8. The normalized spacial score (nSPS) is 19.6. The number of benzene rings is 1. The summed E-state index contributed by atoms with van der Waals surface area (Å²) >= 11 is 0. The number of nitrogens with zero attached hydrogens (tertiary/aromatic N) is 1. The lowest BCUT2D eigenvalue weighted by Crippen LogP contribution is -2.45. The Hall–Kier alpha value is -2.15. The maximum absolute atomic E-state index is 14.5. The molecule has 1 aliphatic heterocycles. The van der Waals surface area contributed by atoms with Crippen molar-refractivity contribution in [3.63, 3.8) is 0 Å². The van der Waals surface area contributed by atoms with Crippen LogP contribution in [0.25, 0.3) is 0 Å². The topological polar surface area (TPSA) is 70.7 Å². The molecular formula is C20H30FN3O3. The molecule has 2 N–H and O–H groups in total. The number of carbonyl (C=O) groups excluding carboxylic acids is 2. The highest BCUT2D eigenvalue weighted by atomic mass is 19.1. The van der Waals surface area contributed by atoms with Crippen molar-refractivity contribution < 1.29 is 18.7 Å². The molecule has 1 heterocycles. The van der Waals surface area contributed by atoms with Crippen LogP contribution in [0.4, 0.5) is 15.8 Å². The molecule has 7 heteroatoms. The van der Waals surface area contributed by atoms with Crippen molar-refractivity contribution in [1.82, 2.24) is 5.32 Å². The Morgan fingerprint density at radius 1 is 1.19 bits per heavy atom. The molecule has 0 aliphatic carbocycles. The van der Waals surface area contributed by atoms with Crippen LogP contribution in [0.5, 0.6) is 0 Å². The van der Waals surface area contributed by atoms with Crippen molar-refractivity contribution in [2.75, 3.05) is 29.9 Å². The summed E-state index contributed by atoms with van der Waals surface area (Å²) in [4.78, 5) is 24.7. The maximum atomic E-state index is 14.5. The Bertz CT molecular complexity index is 643. The van der Waals surface area contributed by atoms with Gasteiger partial charge in [0.1, 0.15) is 5.82 Å². The molecule has 1 fully saturated rings. The smallest absolute Gasteiger partial charge is 0.224 e. The van der Waals surface area contributed by atoms with Crippen LogP contribution in [0.1, 0.15) is 46.5 Å². The molecule has 0 radical (unpaired) electrons. The predicted octanol–water partition coefficient (Wildman–Crippen LogP) is 3.07. The van der Waals surface area contributed by atoms with Crippen molar-refractivity contribution in [2.24, 2.45) is 0 Å². The van der Waals surface area contributed by atoms with E-state index in [1.807, 2.05) is 18.7 Å². The Morgan fingerprint density at radius 2 is 1.89 bits per heavy atom. The van der Waals surface area contributed by atoms with Crippen molar-refractivity contribution >= 4 is 23.2 Å². The van der Waals surface area contributed by atoms with E-state index in [-0.39, 0.29) is 29.8 Å². The maximum Gasteiger partial charge on any atom is 0.224 e. The summed E-state index contributed by atoms with van der Waals surface area (Å²) in [6.45, 7) is 7.36. The van der Waals surface area contributed by atoms with Crippen LogP contribution < -0.4 is 15.5 Å². The molecule has 1 aromatic rings. The fraction of sp³-hybridized carbons (Fsp3) is 0.600. The first-order valence-electron chi connectivity index (χ1n) is 9.59. The lowest BCUT2D eigenvalue weighted by Gasteiger charge is -2.37. The number of nitrogens with one attached hydrogen (secondary N) is 2. The van der Waals surface area contributed by atoms with Crippen molar-refractivity contribution in [3.05, 3.63) is 24.0 Å². The van der Waals surface area contributed by atoms with Gasteiger partial charge in [0.15, 0.2) is 0 Å². The minimum atomic E-state index is -0.343. The average Bonchev–Trinajstić information content (AvgIpc) is 2.57. The zero-order chi connectivity index (χ0) is 19.8. The Kier molecular flexibility index (Phi) is 8.03. The molecule has 150 valence electrons. The van der Waals surface area contributed by atoms with Gasteiger partial charge >= 0.3 is 0 Å². The second-order valence-corrected chi connectivity index (χ2v) is 7.17. The van der Waals surface area contributed by atoms with Gasteiger partial charge in [-0.2, -0.15) is 0 Å². The Balaban J connectivity index is 1.79.